The van der Waals surface area contributed by atoms with E-state index in [2.05, 4.69) is 12.2 Å². The Hall–Kier alpha value is -0.960. The number of nitrogens with one attached hydrogen (secondary N) is 1. The third-order valence-electron chi connectivity index (χ3n) is 2.98. The van der Waals surface area contributed by atoms with Crippen LogP contribution in [0.25, 0.3) is 0 Å². The van der Waals surface area contributed by atoms with E-state index in [0.29, 0.717) is 10.0 Å². The van der Waals surface area contributed by atoms with Crippen molar-refractivity contribution in [2.75, 3.05) is 6.54 Å². The van der Waals surface area contributed by atoms with Gasteiger partial charge in [0.1, 0.15) is 5.76 Å². The van der Waals surface area contributed by atoms with Crippen molar-refractivity contribution in [1.29, 1.82) is 0 Å². The lowest BCUT2D eigenvalue weighted by atomic mass is 10.0. The largest absolute Gasteiger partial charge is 0.469 e. The van der Waals surface area contributed by atoms with Crippen LogP contribution < -0.4 is 5.32 Å². The van der Waals surface area contributed by atoms with Crippen LogP contribution in [0.4, 0.5) is 0 Å². The average Bonchev–Trinajstić information content (AvgIpc) is 2.81. The van der Waals surface area contributed by atoms with Gasteiger partial charge in [0.05, 0.1) is 22.4 Å². The molecule has 0 saturated carbocycles. The molecule has 1 aromatic heterocycles. The Morgan fingerprint density at radius 2 is 2.11 bits per heavy atom. The van der Waals surface area contributed by atoms with Gasteiger partial charge in [0.2, 0.25) is 0 Å². The molecule has 4 heteroatoms. The number of halogens is 2. The number of hydrogen-bond donors (Lipinski definition) is 1. The van der Waals surface area contributed by atoms with Crippen molar-refractivity contribution < 1.29 is 4.42 Å². The summed E-state index contributed by atoms with van der Waals surface area (Å²) in [5.74, 6) is 0.886. The molecule has 2 rings (SSSR count). The first-order valence-electron chi connectivity index (χ1n) is 6.35. The Bertz CT molecular complexity index is 551. The van der Waals surface area contributed by atoms with Gasteiger partial charge in [0.15, 0.2) is 0 Å². The molecule has 1 atom stereocenters. The molecule has 1 unspecified atom stereocenters. The van der Waals surface area contributed by atoms with E-state index in [0.717, 1.165) is 29.9 Å². The highest BCUT2D eigenvalue weighted by Crippen LogP contribution is 2.33. The highest BCUT2D eigenvalue weighted by molar-refractivity contribution is 6.42. The van der Waals surface area contributed by atoms with Crippen molar-refractivity contribution in [2.24, 2.45) is 0 Å². The van der Waals surface area contributed by atoms with Crippen LogP contribution in [0, 0.1) is 6.92 Å². The van der Waals surface area contributed by atoms with Gasteiger partial charge in [-0.2, -0.15) is 0 Å². The molecule has 1 N–H and O–H groups in total. The highest BCUT2D eigenvalue weighted by atomic mass is 35.5. The van der Waals surface area contributed by atoms with E-state index in [1.54, 1.807) is 12.3 Å². The minimum absolute atomic E-state index is 0.00333. The fourth-order valence-electron chi connectivity index (χ4n) is 2.05. The van der Waals surface area contributed by atoms with Crippen LogP contribution in [0.15, 0.2) is 34.9 Å². The zero-order chi connectivity index (χ0) is 13.8. The average molecular weight is 298 g/mol. The quantitative estimate of drug-likeness (QED) is 0.841. The highest BCUT2D eigenvalue weighted by Gasteiger charge is 2.19. The molecule has 2 nitrogen and oxygen atoms in total. The second-order valence-electron chi connectivity index (χ2n) is 4.52. The maximum absolute atomic E-state index is 6.32. The van der Waals surface area contributed by atoms with Gasteiger partial charge in [-0.1, -0.05) is 42.3 Å². The van der Waals surface area contributed by atoms with Crippen molar-refractivity contribution in [2.45, 2.75) is 26.3 Å². The molecule has 1 aromatic carbocycles. The van der Waals surface area contributed by atoms with E-state index >= 15 is 0 Å². The summed E-state index contributed by atoms with van der Waals surface area (Å²) >= 11 is 12.4. The molecule has 19 heavy (non-hydrogen) atoms. The minimum Gasteiger partial charge on any atom is -0.469 e. The number of aryl methyl sites for hydroxylation is 1. The molecular weight excluding hydrogens is 281 g/mol. The molecule has 0 spiro atoms. The SMILES string of the molecule is CCCNC(c1coc(C)c1)c1cccc(Cl)c1Cl. The van der Waals surface area contributed by atoms with E-state index in [1.165, 1.54) is 0 Å². The molecule has 0 bridgehead atoms. The lowest BCUT2D eigenvalue weighted by molar-refractivity contribution is 0.524. The number of furan rings is 1. The van der Waals surface area contributed by atoms with Crippen molar-refractivity contribution >= 4 is 23.2 Å². The number of benzene rings is 1. The van der Waals surface area contributed by atoms with Crippen molar-refractivity contribution in [3.05, 3.63) is 57.5 Å². The van der Waals surface area contributed by atoms with Gasteiger partial charge in [-0.15, -0.1) is 0 Å². The van der Waals surface area contributed by atoms with Gasteiger partial charge in [0.25, 0.3) is 0 Å². The van der Waals surface area contributed by atoms with E-state index < -0.39 is 0 Å². The Labute approximate surface area is 123 Å². The Morgan fingerprint density at radius 3 is 2.74 bits per heavy atom. The van der Waals surface area contributed by atoms with Crippen molar-refractivity contribution in [3.8, 4) is 0 Å². The van der Waals surface area contributed by atoms with Crippen LogP contribution in [0.2, 0.25) is 10.0 Å². The van der Waals surface area contributed by atoms with E-state index in [1.807, 2.05) is 25.1 Å². The summed E-state index contributed by atoms with van der Waals surface area (Å²) in [6.07, 6.45) is 2.81. The first kappa shape index (κ1) is 14.4. The molecule has 0 radical (unpaired) electrons. The standard InChI is InChI=1S/C15H17Cl2NO/c1-3-7-18-15(11-8-10(2)19-9-11)12-5-4-6-13(16)14(12)17/h4-6,8-9,15,18H,3,7H2,1-2H3. The number of rotatable bonds is 5. The van der Waals surface area contributed by atoms with Crippen molar-refractivity contribution in [3.63, 3.8) is 0 Å². The summed E-state index contributed by atoms with van der Waals surface area (Å²) in [6, 6.07) is 7.72. The molecule has 2 aromatic rings. The summed E-state index contributed by atoms with van der Waals surface area (Å²) < 4.78 is 5.40. The molecule has 0 aliphatic carbocycles. The topological polar surface area (TPSA) is 25.2 Å². The molecular formula is C15H17Cl2NO. The van der Waals surface area contributed by atoms with Crippen LogP contribution >= 0.6 is 23.2 Å². The second kappa shape index (κ2) is 6.47. The van der Waals surface area contributed by atoms with Crippen LogP contribution in [0.3, 0.4) is 0 Å². The molecule has 0 fully saturated rings. The van der Waals surface area contributed by atoms with E-state index in [9.17, 15) is 0 Å². The Morgan fingerprint density at radius 1 is 1.32 bits per heavy atom. The van der Waals surface area contributed by atoms with Crippen LogP contribution in [0.1, 0.15) is 36.3 Å². The van der Waals surface area contributed by atoms with Gasteiger partial charge < -0.3 is 9.73 Å². The zero-order valence-corrected chi connectivity index (χ0v) is 12.6. The van der Waals surface area contributed by atoms with Gasteiger partial charge in [-0.05, 0) is 37.6 Å². The van der Waals surface area contributed by atoms with Crippen LogP contribution in [-0.2, 0) is 0 Å². The second-order valence-corrected chi connectivity index (χ2v) is 5.31. The summed E-state index contributed by atoms with van der Waals surface area (Å²) in [6.45, 7) is 4.96. The molecule has 0 amide bonds. The van der Waals surface area contributed by atoms with E-state index in [-0.39, 0.29) is 6.04 Å². The summed E-state index contributed by atoms with van der Waals surface area (Å²) in [7, 11) is 0. The van der Waals surface area contributed by atoms with Crippen LogP contribution in [-0.4, -0.2) is 6.54 Å². The van der Waals surface area contributed by atoms with Gasteiger partial charge >= 0.3 is 0 Å². The minimum atomic E-state index is 0.00333. The predicted molar refractivity (Wildman–Crippen MR) is 80.0 cm³/mol. The third-order valence-corrected chi connectivity index (χ3v) is 3.81. The monoisotopic (exact) mass is 297 g/mol. The number of hydrogen-bond acceptors (Lipinski definition) is 2. The summed E-state index contributed by atoms with van der Waals surface area (Å²) in [5.41, 5.74) is 2.04. The van der Waals surface area contributed by atoms with Gasteiger partial charge in [-0.3, -0.25) is 0 Å². The summed E-state index contributed by atoms with van der Waals surface area (Å²) in [4.78, 5) is 0. The fourth-order valence-corrected chi connectivity index (χ4v) is 2.47. The first-order chi connectivity index (χ1) is 9.13. The normalized spacial score (nSPS) is 12.6. The van der Waals surface area contributed by atoms with E-state index in [4.69, 9.17) is 27.6 Å². The lowest BCUT2D eigenvalue weighted by Crippen LogP contribution is -2.23. The Balaban J connectivity index is 2.39. The molecule has 0 aliphatic heterocycles. The molecule has 102 valence electrons. The van der Waals surface area contributed by atoms with Gasteiger partial charge in [-0.25, -0.2) is 0 Å². The maximum Gasteiger partial charge on any atom is 0.101 e. The third kappa shape index (κ3) is 3.33. The van der Waals surface area contributed by atoms with Crippen molar-refractivity contribution in [1.82, 2.24) is 5.32 Å². The fraction of sp³-hybridized carbons (Fsp3) is 0.333. The Kier molecular flexibility index (Phi) is 4.92. The first-order valence-corrected chi connectivity index (χ1v) is 7.11. The zero-order valence-electron chi connectivity index (χ0n) is 11.0. The van der Waals surface area contributed by atoms with Crippen LogP contribution in [0.5, 0.6) is 0 Å². The van der Waals surface area contributed by atoms with Gasteiger partial charge in [0, 0.05) is 5.56 Å². The lowest BCUT2D eigenvalue weighted by Gasteiger charge is -2.19. The molecule has 0 aliphatic rings. The maximum atomic E-state index is 6.32. The smallest absolute Gasteiger partial charge is 0.101 e. The summed E-state index contributed by atoms with van der Waals surface area (Å²) in [5, 5.41) is 4.65. The molecule has 0 saturated heterocycles. The predicted octanol–water partition coefficient (Wildman–Crippen LogP) is 4.98. The molecule has 1 heterocycles.